The number of hydrogen-bond donors (Lipinski definition) is 2. The van der Waals surface area contributed by atoms with Crippen molar-refractivity contribution in [2.24, 2.45) is 0 Å². The van der Waals surface area contributed by atoms with E-state index in [1.54, 1.807) is 6.07 Å². The van der Waals surface area contributed by atoms with Crippen molar-refractivity contribution in [2.75, 3.05) is 6.54 Å². The zero-order valence-corrected chi connectivity index (χ0v) is 15.6. The molecule has 6 nitrogen and oxygen atoms in total. The third-order valence-electron chi connectivity index (χ3n) is 4.42. The SMILES string of the molecule is O=C1C(P(=O)(O)NCc2cccc(F)c2)CCCN1OCc1ccccc1. The number of rotatable bonds is 7. The zero-order chi connectivity index (χ0) is 19.3. The molecule has 1 aliphatic heterocycles. The molecule has 27 heavy (non-hydrogen) atoms. The van der Waals surface area contributed by atoms with Gasteiger partial charge in [0.2, 0.25) is 0 Å². The van der Waals surface area contributed by atoms with Gasteiger partial charge in [-0.25, -0.2) is 14.5 Å². The lowest BCUT2D eigenvalue weighted by atomic mass is 10.1. The summed E-state index contributed by atoms with van der Waals surface area (Å²) in [6.07, 6.45) is 0.866. The number of piperidine rings is 1. The Labute approximate surface area is 157 Å². The van der Waals surface area contributed by atoms with Gasteiger partial charge in [0.25, 0.3) is 13.4 Å². The molecule has 2 atom stereocenters. The highest BCUT2D eigenvalue weighted by atomic mass is 31.2. The van der Waals surface area contributed by atoms with Gasteiger partial charge in [0, 0.05) is 13.1 Å². The van der Waals surface area contributed by atoms with Crippen molar-refractivity contribution in [2.45, 2.75) is 31.7 Å². The standard InChI is InChI=1S/C19H22FN2O4P/c20-17-9-4-8-16(12-17)13-21-27(24,25)18-10-5-11-22(19(18)23)26-14-15-6-2-1-3-7-15/h1-4,6-9,12,18H,5,10-11,13-14H2,(H2,21,24,25). The van der Waals surface area contributed by atoms with Crippen molar-refractivity contribution in [3.63, 3.8) is 0 Å². The van der Waals surface area contributed by atoms with Crippen LogP contribution in [0.1, 0.15) is 24.0 Å². The summed E-state index contributed by atoms with van der Waals surface area (Å²) in [5.41, 5.74) is 0.365. The molecule has 1 saturated heterocycles. The minimum absolute atomic E-state index is 0.000189. The molecule has 0 spiro atoms. The highest BCUT2D eigenvalue weighted by molar-refractivity contribution is 7.57. The Morgan fingerprint density at radius 3 is 2.67 bits per heavy atom. The summed E-state index contributed by atoms with van der Waals surface area (Å²) in [6, 6.07) is 15.1. The molecule has 1 amide bonds. The van der Waals surface area contributed by atoms with Gasteiger partial charge in [0.15, 0.2) is 0 Å². The predicted octanol–water partition coefficient (Wildman–Crippen LogP) is 3.22. The maximum Gasteiger partial charge on any atom is 0.279 e. The molecule has 144 valence electrons. The smallest absolute Gasteiger partial charge is 0.279 e. The van der Waals surface area contributed by atoms with Gasteiger partial charge in [-0.15, -0.1) is 0 Å². The molecule has 3 rings (SSSR count). The zero-order valence-electron chi connectivity index (χ0n) is 14.8. The summed E-state index contributed by atoms with van der Waals surface area (Å²) in [6.45, 7) is 0.595. The van der Waals surface area contributed by atoms with Crippen LogP contribution < -0.4 is 5.09 Å². The first-order chi connectivity index (χ1) is 13.0. The van der Waals surface area contributed by atoms with Crippen LogP contribution in [0.15, 0.2) is 54.6 Å². The summed E-state index contributed by atoms with van der Waals surface area (Å²) >= 11 is 0. The van der Waals surface area contributed by atoms with Gasteiger partial charge in [-0.1, -0.05) is 42.5 Å². The number of carbonyl (C=O) groups is 1. The van der Waals surface area contributed by atoms with Gasteiger partial charge in [-0.05, 0) is 36.1 Å². The van der Waals surface area contributed by atoms with Gasteiger partial charge in [-0.2, -0.15) is 0 Å². The first-order valence-corrected chi connectivity index (χ1v) is 10.5. The first-order valence-electron chi connectivity index (χ1n) is 8.76. The van der Waals surface area contributed by atoms with E-state index in [1.807, 2.05) is 30.3 Å². The van der Waals surface area contributed by atoms with E-state index in [4.69, 9.17) is 4.84 Å². The average molecular weight is 392 g/mol. The lowest BCUT2D eigenvalue weighted by Gasteiger charge is -2.33. The molecule has 0 aliphatic carbocycles. The van der Waals surface area contributed by atoms with Crippen LogP contribution in [0.2, 0.25) is 0 Å². The molecule has 0 radical (unpaired) electrons. The van der Waals surface area contributed by atoms with E-state index in [0.29, 0.717) is 24.9 Å². The summed E-state index contributed by atoms with van der Waals surface area (Å²) in [7, 11) is -3.98. The molecule has 0 aromatic heterocycles. The third kappa shape index (κ3) is 5.23. The van der Waals surface area contributed by atoms with E-state index < -0.39 is 24.9 Å². The first kappa shape index (κ1) is 19.7. The number of nitrogens with one attached hydrogen (secondary N) is 1. The van der Waals surface area contributed by atoms with E-state index in [-0.39, 0.29) is 13.2 Å². The van der Waals surface area contributed by atoms with Crippen molar-refractivity contribution in [3.05, 3.63) is 71.5 Å². The Balaban J connectivity index is 1.60. The normalized spacial score (nSPS) is 19.7. The fourth-order valence-corrected chi connectivity index (χ4v) is 4.56. The quantitative estimate of drug-likeness (QED) is 0.708. The Hall–Kier alpha value is -2.05. The van der Waals surface area contributed by atoms with Crippen LogP contribution in [0.3, 0.4) is 0 Å². The van der Waals surface area contributed by atoms with E-state index in [9.17, 15) is 18.6 Å². The molecular formula is C19H22FN2O4P. The second-order valence-electron chi connectivity index (χ2n) is 6.45. The lowest BCUT2D eigenvalue weighted by Crippen LogP contribution is -2.45. The maximum absolute atomic E-state index is 13.2. The number of halogens is 1. The Morgan fingerprint density at radius 1 is 1.19 bits per heavy atom. The highest BCUT2D eigenvalue weighted by Gasteiger charge is 2.42. The molecular weight excluding hydrogens is 370 g/mol. The molecule has 0 bridgehead atoms. The molecule has 1 fully saturated rings. The van der Waals surface area contributed by atoms with Crippen molar-refractivity contribution in [1.29, 1.82) is 0 Å². The average Bonchev–Trinajstić information content (AvgIpc) is 2.66. The van der Waals surface area contributed by atoms with Gasteiger partial charge in [0.1, 0.15) is 18.1 Å². The van der Waals surface area contributed by atoms with Crippen molar-refractivity contribution in [1.82, 2.24) is 10.2 Å². The summed E-state index contributed by atoms with van der Waals surface area (Å²) in [5.74, 6) is -0.925. The molecule has 2 N–H and O–H groups in total. The molecule has 2 unspecified atom stereocenters. The van der Waals surface area contributed by atoms with Crippen LogP contribution in [0.4, 0.5) is 4.39 Å². The maximum atomic E-state index is 13.2. The van der Waals surface area contributed by atoms with Crippen molar-refractivity contribution < 1.29 is 23.5 Å². The molecule has 1 aliphatic rings. The summed E-state index contributed by atoms with van der Waals surface area (Å²) in [5, 5.41) is 3.71. The minimum Gasteiger partial charge on any atom is -0.333 e. The van der Waals surface area contributed by atoms with Crippen LogP contribution in [-0.4, -0.2) is 28.1 Å². The lowest BCUT2D eigenvalue weighted by molar-refractivity contribution is -0.196. The summed E-state index contributed by atoms with van der Waals surface area (Å²) < 4.78 is 25.9. The number of hydroxylamine groups is 2. The fourth-order valence-electron chi connectivity index (χ4n) is 2.97. The third-order valence-corrected chi connectivity index (χ3v) is 6.36. The summed E-state index contributed by atoms with van der Waals surface area (Å²) in [4.78, 5) is 28.6. The molecule has 0 saturated carbocycles. The highest BCUT2D eigenvalue weighted by Crippen LogP contribution is 2.46. The molecule has 2 aromatic carbocycles. The van der Waals surface area contributed by atoms with E-state index in [2.05, 4.69) is 5.09 Å². The second-order valence-corrected chi connectivity index (χ2v) is 8.63. The Kier molecular flexibility index (Phi) is 6.39. The molecule has 1 heterocycles. The van der Waals surface area contributed by atoms with Gasteiger partial charge < -0.3 is 4.89 Å². The van der Waals surface area contributed by atoms with Gasteiger partial charge in [0.05, 0.1) is 0 Å². The number of carbonyl (C=O) groups excluding carboxylic acids is 1. The van der Waals surface area contributed by atoms with Crippen LogP contribution in [0.25, 0.3) is 0 Å². The largest absolute Gasteiger partial charge is 0.333 e. The van der Waals surface area contributed by atoms with Crippen LogP contribution >= 0.6 is 7.52 Å². The molecule has 2 aromatic rings. The van der Waals surface area contributed by atoms with Crippen molar-refractivity contribution >= 4 is 13.4 Å². The monoisotopic (exact) mass is 392 g/mol. The second kappa shape index (κ2) is 8.76. The van der Waals surface area contributed by atoms with Crippen LogP contribution in [0, 0.1) is 5.82 Å². The fraction of sp³-hybridized carbons (Fsp3) is 0.316. The topological polar surface area (TPSA) is 78.9 Å². The van der Waals surface area contributed by atoms with Crippen LogP contribution in [0.5, 0.6) is 0 Å². The van der Waals surface area contributed by atoms with Crippen molar-refractivity contribution in [3.8, 4) is 0 Å². The minimum atomic E-state index is -3.98. The van der Waals surface area contributed by atoms with E-state index in [0.717, 1.165) is 5.56 Å². The predicted molar refractivity (Wildman–Crippen MR) is 99.0 cm³/mol. The Bertz CT molecular complexity index is 833. The molecule has 8 heteroatoms. The van der Waals surface area contributed by atoms with E-state index in [1.165, 1.54) is 23.3 Å². The number of amides is 1. The van der Waals surface area contributed by atoms with Gasteiger partial charge >= 0.3 is 0 Å². The van der Waals surface area contributed by atoms with Gasteiger partial charge in [-0.3, -0.25) is 14.2 Å². The number of benzene rings is 2. The van der Waals surface area contributed by atoms with E-state index >= 15 is 0 Å². The van der Waals surface area contributed by atoms with Crippen LogP contribution in [-0.2, 0) is 27.3 Å². The Morgan fingerprint density at radius 2 is 1.93 bits per heavy atom. The number of hydrogen-bond acceptors (Lipinski definition) is 3. The number of nitrogens with zero attached hydrogens (tertiary/aromatic N) is 1.